The topological polar surface area (TPSA) is 83.1 Å². The van der Waals surface area contributed by atoms with Gasteiger partial charge in [0.25, 0.3) is 0 Å². The molecule has 148 valence electrons. The molecule has 0 spiro atoms. The highest BCUT2D eigenvalue weighted by Gasteiger charge is 2.11. The molecule has 7 heteroatoms. The molecule has 0 bridgehead atoms. The minimum Gasteiger partial charge on any atom is -0.463 e. The van der Waals surface area contributed by atoms with Crippen LogP contribution in [0.5, 0.6) is 0 Å². The minimum atomic E-state index is -0.181. The van der Waals surface area contributed by atoms with Crippen molar-refractivity contribution >= 4 is 11.9 Å². The van der Waals surface area contributed by atoms with Gasteiger partial charge in [-0.1, -0.05) is 27.7 Å². The third kappa shape index (κ3) is 16.1. The summed E-state index contributed by atoms with van der Waals surface area (Å²) >= 11 is 0. The molecule has 0 saturated carbocycles. The number of carbonyl (C=O) groups is 2. The van der Waals surface area contributed by atoms with Crippen molar-refractivity contribution in [2.75, 3.05) is 52.8 Å². The summed E-state index contributed by atoms with van der Waals surface area (Å²) < 4.78 is 21.1. The molecule has 1 amide bonds. The molecule has 0 aromatic heterocycles. The van der Waals surface area contributed by atoms with E-state index in [1.165, 1.54) is 0 Å². The molecule has 1 unspecified atom stereocenters. The number of ether oxygens (including phenoxy) is 4. The molecular formula is C18H35NO6. The first-order valence-corrected chi connectivity index (χ1v) is 9.13. The summed E-state index contributed by atoms with van der Waals surface area (Å²) in [4.78, 5) is 22.8. The van der Waals surface area contributed by atoms with Gasteiger partial charge in [-0.05, 0) is 12.3 Å². The molecule has 0 saturated heterocycles. The van der Waals surface area contributed by atoms with Crippen LogP contribution in [0.1, 0.15) is 40.5 Å². The van der Waals surface area contributed by atoms with Gasteiger partial charge in [0.15, 0.2) is 0 Å². The number of esters is 1. The van der Waals surface area contributed by atoms with Crippen LogP contribution in [0, 0.1) is 11.8 Å². The van der Waals surface area contributed by atoms with Crippen molar-refractivity contribution in [3.05, 3.63) is 0 Å². The lowest BCUT2D eigenvalue weighted by Gasteiger charge is -2.10. The molecule has 0 aliphatic rings. The van der Waals surface area contributed by atoms with E-state index in [1.807, 2.05) is 27.7 Å². The second kappa shape index (κ2) is 16.3. The van der Waals surface area contributed by atoms with Crippen LogP contribution >= 0.6 is 0 Å². The first kappa shape index (κ1) is 23.8. The van der Waals surface area contributed by atoms with Crippen LogP contribution in [-0.4, -0.2) is 64.7 Å². The maximum atomic E-state index is 11.4. The van der Waals surface area contributed by atoms with Crippen molar-refractivity contribution in [1.29, 1.82) is 0 Å². The predicted octanol–water partition coefficient (Wildman–Crippen LogP) is 1.79. The zero-order valence-corrected chi connectivity index (χ0v) is 16.2. The molecule has 0 fully saturated rings. The molecule has 25 heavy (non-hydrogen) atoms. The Bertz CT molecular complexity index is 348. The summed E-state index contributed by atoms with van der Waals surface area (Å²) in [6, 6.07) is 0. The fraction of sp³-hybridized carbons (Fsp3) is 0.889. The third-order valence-electron chi connectivity index (χ3n) is 3.39. The third-order valence-corrected chi connectivity index (χ3v) is 3.39. The van der Waals surface area contributed by atoms with E-state index in [-0.39, 0.29) is 24.4 Å². The van der Waals surface area contributed by atoms with Gasteiger partial charge in [-0.2, -0.15) is 0 Å². The maximum Gasteiger partial charge on any atom is 0.308 e. The molecule has 0 heterocycles. The number of hydrogen-bond donors (Lipinski definition) is 1. The van der Waals surface area contributed by atoms with Gasteiger partial charge < -0.3 is 24.3 Å². The standard InChI is InChI=1S/C18H35NO6/c1-5-16(4)18(21)25-13-12-24-11-10-23-9-8-22-7-6-19-17(20)14-15(2)3/h15-16H,5-14H2,1-4H3,(H,19,20). The molecular weight excluding hydrogens is 326 g/mol. The van der Waals surface area contributed by atoms with Crippen LogP contribution in [0.15, 0.2) is 0 Å². The van der Waals surface area contributed by atoms with E-state index in [0.717, 1.165) is 6.42 Å². The summed E-state index contributed by atoms with van der Waals surface area (Å²) in [5.41, 5.74) is 0. The van der Waals surface area contributed by atoms with Crippen molar-refractivity contribution in [2.24, 2.45) is 11.8 Å². The van der Waals surface area contributed by atoms with Gasteiger partial charge in [-0.25, -0.2) is 0 Å². The van der Waals surface area contributed by atoms with Gasteiger partial charge in [-0.3, -0.25) is 9.59 Å². The molecule has 0 aromatic rings. The van der Waals surface area contributed by atoms with Crippen LogP contribution in [-0.2, 0) is 28.5 Å². The molecule has 7 nitrogen and oxygen atoms in total. The first-order valence-electron chi connectivity index (χ1n) is 9.13. The molecule has 0 radical (unpaired) electrons. The van der Waals surface area contributed by atoms with Gasteiger partial charge in [-0.15, -0.1) is 0 Å². The average Bonchev–Trinajstić information content (AvgIpc) is 2.57. The smallest absolute Gasteiger partial charge is 0.308 e. The van der Waals surface area contributed by atoms with Gasteiger partial charge in [0.05, 0.1) is 45.6 Å². The zero-order chi connectivity index (χ0) is 18.9. The molecule has 0 aliphatic carbocycles. The molecule has 1 N–H and O–H groups in total. The van der Waals surface area contributed by atoms with E-state index in [1.54, 1.807) is 0 Å². The maximum absolute atomic E-state index is 11.4. The number of hydrogen-bond acceptors (Lipinski definition) is 6. The minimum absolute atomic E-state index is 0.0572. The predicted molar refractivity (Wildman–Crippen MR) is 95.3 cm³/mol. The largest absolute Gasteiger partial charge is 0.463 e. The summed E-state index contributed by atoms with van der Waals surface area (Å²) in [6.45, 7) is 11.3. The Morgan fingerprint density at radius 1 is 0.840 bits per heavy atom. The first-order chi connectivity index (χ1) is 12.0. The van der Waals surface area contributed by atoms with Crippen LogP contribution in [0.3, 0.4) is 0 Å². The fourth-order valence-corrected chi connectivity index (χ4v) is 1.76. The lowest BCUT2D eigenvalue weighted by molar-refractivity contribution is -0.149. The second-order valence-electron chi connectivity index (χ2n) is 6.26. The van der Waals surface area contributed by atoms with E-state index in [2.05, 4.69) is 5.32 Å². The monoisotopic (exact) mass is 361 g/mol. The molecule has 0 aromatic carbocycles. The summed E-state index contributed by atoms with van der Waals surface area (Å²) in [7, 11) is 0. The van der Waals surface area contributed by atoms with Crippen molar-refractivity contribution in [2.45, 2.75) is 40.5 Å². The Hall–Kier alpha value is -1.18. The van der Waals surface area contributed by atoms with Crippen LogP contribution in [0.25, 0.3) is 0 Å². The Kier molecular flexibility index (Phi) is 15.5. The number of rotatable bonds is 16. The van der Waals surface area contributed by atoms with E-state index in [0.29, 0.717) is 58.5 Å². The lowest BCUT2D eigenvalue weighted by Crippen LogP contribution is -2.28. The Morgan fingerprint density at radius 3 is 1.88 bits per heavy atom. The fourth-order valence-electron chi connectivity index (χ4n) is 1.76. The Labute approximate surface area is 151 Å². The normalized spacial score (nSPS) is 12.2. The molecule has 1 atom stereocenters. The van der Waals surface area contributed by atoms with Gasteiger partial charge in [0.1, 0.15) is 6.61 Å². The van der Waals surface area contributed by atoms with Crippen LogP contribution in [0.2, 0.25) is 0 Å². The Morgan fingerprint density at radius 2 is 1.36 bits per heavy atom. The van der Waals surface area contributed by atoms with E-state index < -0.39 is 0 Å². The van der Waals surface area contributed by atoms with Crippen molar-refractivity contribution in [3.63, 3.8) is 0 Å². The zero-order valence-electron chi connectivity index (χ0n) is 16.2. The number of nitrogens with one attached hydrogen (secondary N) is 1. The van der Waals surface area contributed by atoms with Gasteiger partial charge in [0.2, 0.25) is 5.91 Å². The van der Waals surface area contributed by atoms with Crippen molar-refractivity contribution < 1.29 is 28.5 Å². The van der Waals surface area contributed by atoms with Crippen LogP contribution in [0.4, 0.5) is 0 Å². The molecule has 0 rings (SSSR count). The van der Waals surface area contributed by atoms with Crippen LogP contribution < -0.4 is 5.32 Å². The van der Waals surface area contributed by atoms with E-state index in [4.69, 9.17) is 18.9 Å². The number of carbonyl (C=O) groups excluding carboxylic acids is 2. The van der Waals surface area contributed by atoms with Gasteiger partial charge in [0, 0.05) is 13.0 Å². The van der Waals surface area contributed by atoms with E-state index >= 15 is 0 Å². The van der Waals surface area contributed by atoms with E-state index in [9.17, 15) is 9.59 Å². The quantitative estimate of drug-likeness (QED) is 0.333. The average molecular weight is 361 g/mol. The summed E-state index contributed by atoms with van der Waals surface area (Å²) in [5.74, 6) is 0.178. The highest BCUT2D eigenvalue weighted by Crippen LogP contribution is 2.02. The van der Waals surface area contributed by atoms with Crippen molar-refractivity contribution in [3.8, 4) is 0 Å². The SMILES string of the molecule is CCC(C)C(=O)OCCOCCOCCOCCNC(=O)CC(C)C. The summed E-state index contributed by atoms with van der Waals surface area (Å²) in [6.07, 6.45) is 1.32. The molecule has 0 aliphatic heterocycles. The highest BCUT2D eigenvalue weighted by atomic mass is 16.6. The number of amides is 1. The second-order valence-corrected chi connectivity index (χ2v) is 6.26. The summed E-state index contributed by atoms with van der Waals surface area (Å²) in [5, 5.41) is 2.80. The van der Waals surface area contributed by atoms with Gasteiger partial charge >= 0.3 is 5.97 Å². The van der Waals surface area contributed by atoms with Crippen molar-refractivity contribution in [1.82, 2.24) is 5.32 Å². The Balaban J connectivity index is 3.22. The lowest BCUT2D eigenvalue weighted by atomic mass is 10.1. The highest BCUT2D eigenvalue weighted by molar-refractivity contribution is 5.76.